The molecule has 1 saturated carbocycles. The fourth-order valence-electron chi connectivity index (χ4n) is 3.04. The van der Waals surface area contributed by atoms with E-state index in [1.165, 1.54) is 0 Å². The first-order valence-corrected chi connectivity index (χ1v) is 8.36. The van der Waals surface area contributed by atoms with E-state index in [0.717, 1.165) is 19.3 Å². The number of nitriles is 1. The van der Waals surface area contributed by atoms with Crippen molar-refractivity contribution in [2.24, 2.45) is 5.92 Å². The number of carbonyl (C=O) groups is 1. The van der Waals surface area contributed by atoms with Crippen molar-refractivity contribution in [1.29, 1.82) is 5.26 Å². The van der Waals surface area contributed by atoms with Gasteiger partial charge in [-0.1, -0.05) is 6.42 Å². The van der Waals surface area contributed by atoms with Gasteiger partial charge in [-0.05, 0) is 49.2 Å². The Morgan fingerprint density at radius 2 is 2.08 bits per heavy atom. The summed E-state index contributed by atoms with van der Waals surface area (Å²) in [7, 11) is 0. The molecule has 1 heterocycles. The molecule has 1 amide bonds. The van der Waals surface area contributed by atoms with Crippen LogP contribution in [0.25, 0.3) is 0 Å². The average Bonchev–Trinajstić information content (AvgIpc) is 3.05. The van der Waals surface area contributed by atoms with E-state index < -0.39 is 0 Å². The summed E-state index contributed by atoms with van der Waals surface area (Å²) in [6, 6.07) is 12.1. The first-order valence-electron chi connectivity index (χ1n) is 8.36. The highest BCUT2D eigenvalue weighted by Crippen LogP contribution is 2.26. The van der Waals surface area contributed by atoms with Gasteiger partial charge < -0.3 is 15.7 Å². The van der Waals surface area contributed by atoms with Crippen LogP contribution < -0.4 is 10.6 Å². The molecule has 2 aromatic rings. The fraction of sp³-hybridized carbons (Fsp3) is 0.316. The van der Waals surface area contributed by atoms with Crippen molar-refractivity contribution in [3.8, 4) is 6.07 Å². The zero-order valence-corrected chi connectivity index (χ0v) is 13.8. The third kappa shape index (κ3) is 4.14. The first kappa shape index (κ1) is 16.9. The number of rotatable bonds is 5. The van der Waals surface area contributed by atoms with Crippen molar-refractivity contribution >= 4 is 17.4 Å². The lowest BCUT2D eigenvalue weighted by atomic mass is 10.1. The normalized spacial score (nSPS) is 19.2. The van der Waals surface area contributed by atoms with E-state index in [4.69, 9.17) is 5.26 Å². The topological polar surface area (TPSA) is 98.0 Å². The lowest BCUT2D eigenvalue weighted by molar-refractivity contribution is 0.102. The molecule has 0 radical (unpaired) electrons. The summed E-state index contributed by atoms with van der Waals surface area (Å²) in [6.07, 6.45) is 4.19. The van der Waals surface area contributed by atoms with Gasteiger partial charge in [0.2, 0.25) is 0 Å². The van der Waals surface area contributed by atoms with Crippen LogP contribution in [0.2, 0.25) is 0 Å². The SMILES string of the molecule is N#Cc1ccc(NC(=O)c2cccnc2NC[C@@H]2CCC[C@H]2O)cc1. The maximum Gasteiger partial charge on any atom is 0.259 e. The maximum absolute atomic E-state index is 12.5. The predicted molar refractivity (Wildman–Crippen MR) is 95.2 cm³/mol. The summed E-state index contributed by atoms with van der Waals surface area (Å²) in [4.78, 5) is 16.8. The van der Waals surface area contributed by atoms with E-state index in [0.29, 0.717) is 29.2 Å². The average molecular weight is 336 g/mol. The molecule has 1 aliphatic carbocycles. The van der Waals surface area contributed by atoms with Crippen LogP contribution in [0.3, 0.4) is 0 Å². The maximum atomic E-state index is 12.5. The number of amides is 1. The van der Waals surface area contributed by atoms with Gasteiger partial charge in [-0.3, -0.25) is 4.79 Å². The van der Waals surface area contributed by atoms with Crippen LogP contribution in [0, 0.1) is 17.2 Å². The molecular formula is C19H20N4O2. The van der Waals surface area contributed by atoms with Crippen LogP contribution in [0.5, 0.6) is 0 Å². The molecule has 0 aliphatic heterocycles. The number of hydrogen-bond acceptors (Lipinski definition) is 5. The number of aliphatic hydroxyl groups is 1. The number of nitrogens with zero attached hydrogens (tertiary/aromatic N) is 2. The summed E-state index contributed by atoms with van der Waals surface area (Å²) in [5, 5.41) is 24.7. The second-order valence-corrected chi connectivity index (χ2v) is 6.18. The lowest BCUT2D eigenvalue weighted by Crippen LogP contribution is -2.24. The van der Waals surface area contributed by atoms with Crippen LogP contribution in [0.15, 0.2) is 42.6 Å². The number of nitrogens with one attached hydrogen (secondary N) is 2. The van der Waals surface area contributed by atoms with Gasteiger partial charge in [-0.2, -0.15) is 5.26 Å². The number of anilines is 2. The van der Waals surface area contributed by atoms with E-state index in [2.05, 4.69) is 15.6 Å². The predicted octanol–water partition coefficient (Wildman–Crippen LogP) is 2.78. The number of aliphatic hydroxyl groups excluding tert-OH is 1. The molecule has 128 valence electrons. The molecule has 1 fully saturated rings. The van der Waals surface area contributed by atoms with Crippen molar-refractivity contribution in [3.63, 3.8) is 0 Å². The summed E-state index contributed by atoms with van der Waals surface area (Å²) >= 11 is 0. The summed E-state index contributed by atoms with van der Waals surface area (Å²) in [5.41, 5.74) is 1.60. The van der Waals surface area contributed by atoms with Gasteiger partial charge in [-0.25, -0.2) is 4.98 Å². The van der Waals surface area contributed by atoms with Gasteiger partial charge in [-0.15, -0.1) is 0 Å². The van der Waals surface area contributed by atoms with E-state index >= 15 is 0 Å². The summed E-state index contributed by atoms with van der Waals surface area (Å²) in [6.45, 7) is 0.593. The van der Waals surface area contributed by atoms with Crippen LogP contribution in [0.1, 0.15) is 35.2 Å². The number of carbonyl (C=O) groups excluding carboxylic acids is 1. The highest BCUT2D eigenvalue weighted by molar-refractivity contribution is 6.07. The highest BCUT2D eigenvalue weighted by atomic mass is 16.3. The molecule has 2 atom stereocenters. The Hall–Kier alpha value is -2.91. The highest BCUT2D eigenvalue weighted by Gasteiger charge is 2.25. The van der Waals surface area contributed by atoms with Crippen LogP contribution in [0.4, 0.5) is 11.5 Å². The second kappa shape index (κ2) is 7.77. The van der Waals surface area contributed by atoms with Gasteiger partial charge in [0.15, 0.2) is 0 Å². The Bertz CT molecular complexity index is 783. The molecule has 25 heavy (non-hydrogen) atoms. The fourth-order valence-corrected chi connectivity index (χ4v) is 3.04. The molecule has 0 bridgehead atoms. The van der Waals surface area contributed by atoms with E-state index in [-0.39, 0.29) is 17.9 Å². The minimum absolute atomic E-state index is 0.191. The minimum atomic E-state index is -0.285. The van der Waals surface area contributed by atoms with E-state index in [9.17, 15) is 9.90 Å². The molecule has 3 N–H and O–H groups in total. The largest absolute Gasteiger partial charge is 0.393 e. The molecule has 3 rings (SSSR count). The van der Waals surface area contributed by atoms with E-state index in [1.54, 1.807) is 42.6 Å². The molecule has 1 aromatic heterocycles. The zero-order valence-electron chi connectivity index (χ0n) is 13.8. The van der Waals surface area contributed by atoms with Gasteiger partial charge in [0.25, 0.3) is 5.91 Å². The number of hydrogen-bond donors (Lipinski definition) is 3. The molecule has 1 aromatic carbocycles. The van der Waals surface area contributed by atoms with Gasteiger partial charge in [0.1, 0.15) is 5.82 Å². The molecule has 6 nitrogen and oxygen atoms in total. The van der Waals surface area contributed by atoms with Crippen LogP contribution >= 0.6 is 0 Å². The Morgan fingerprint density at radius 1 is 1.28 bits per heavy atom. The van der Waals surface area contributed by atoms with Crippen molar-refractivity contribution in [2.75, 3.05) is 17.2 Å². The molecule has 1 aliphatic rings. The number of pyridine rings is 1. The Kier molecular flexibility index (Phi) is 5.26. The van der Waals surface area contributed by atoms with Crippen molar-refractivity contribution < 1.29 is 9.90 Å². The van der Waals surface area contributed by atoms with Crippen molar-refractivity contribution in [1.82, 2.24) is 4.98 Å². The lowest BCUT2D eigenvalue weighted by Gasteiger charge is -2.17. The van der Waals surface area contributed by atoms with Crippen molar-refractivity contribution in [2.45, 2.75) is 25.4 Å². The Balaban J connectivity index is 1.68. The Morgan fingerprint density at radius 3 is 2.76 bits per heavy atom. The third-order valence-electron chi connectivity index (χ3n) is 4.47. The summed E-state index contributed by atoms with van der Waals surface area (Å²) < 4.78 is 0. The van der Waals surface area contributed by atoms with Gasteiger partial charge in [0.05, 0.1) is 23.3 Å². The third-order valence-corrected chi connectivity index (χ3v) is 4.47. The van der Waals surface area contributed by atoms with Crippen molar-refractivity contribution in [3.05, 3.63) is 53.7 Å². The molecule has 6 heteroatoms. The second-order valence-electron chi connectivity index (χ2n) is 6.18. The zero-order chi connectivity index (χ0) is 17.6. The monoisotopic (exact) mass is 336 g/mol. The summed E-state index contributed by atoms with van der Waals surface area (Å²) in [5.74, 6) is 0.427. The molecule has 0 spiro atoms. The van der Waals surface area contributed by atoms with Gasteiger partial charge >= 0.3 is 0 Å². The number of benzene rings is 1. The number of aromatic nitrogens is 1. The smallest absolute Gasteiger partial charge is 0.259 e. The minimum Gasteiger partial charge on any atom is -0.393 e. The van der Waals surface area contributed by atoms with E-state index in [1.807, 2.05) is 6.07 Å². The first-order chi connectivity index (χ1) is 12.2. The molecule has 0 saturated heterocycles. The van der Waals surface area contributed by atoms with Crippen LogP contribution in [-0.2, 0) is 0 Å². The standard InChI is InChI=1S/C19H20N4O2/c20-11-13-6-8-15(9-7-13)23-19(25)16-4-2-10-21-18(16)22-12-14-3-1-5-17(14)24/h2,4,6-10,14,17,24H,1,3,5,12H2,(H,21,22)(H,23,25)/t14-,17+/m0/s1. The Labute approximate surface area is 146 Å². The quantitative estimate of drug-likeness (QED) is 0.780. The molecular weight excluding hydrogens is 316 g/mol. The van der Waals surface area contributed by atoms with Crippen LogP contribution in [-0.4, -0.2) is 28.6 Å². The molecule has 0 unspecified atom stereocenters. The van der Waals surface area contributed by atoms with Gasteiger partial charge in [0, 0.05) is 24.3 Å².